The first-order chi connectivity index (χ1) is 10.0. The Morgan fingerprint density at radius 2 is 1.95 bits per heavy atom. The standard InChI is InChI=1S/C15H20ClN3O2/c1-3-4-9-14(20)19-18-11(2)10-15(21)17-13-8-6-5-7-12(13)16/h5-8H,3-4,9-10H2,1-2H3,(H,17,21)(H,19,20)/b18-11+. The molecule has 0 aliphatic heterocycles. The van der Waals surface area contributed by atoms with Crippen molar-refractivity contribution in [1.82, 2.24) is 5.43 Å². The Labute approximate surface area is 129 Å². The molecular weight excluding hydrogens is 290 g/mol. The van der Waals surface area contributed by atoms with Gasteiger partial charge in [0, 0.05) is 12.1 Å². The predicted molar refractivity (Wildman–Crippen MR) is 85.5 cm³/mol. The number of benzene rings is 1. The molecule has 0 fully saturated rings. The second kappa shape index (κ2) is 9.13. The first kappa shape index (κ1) is 17.2. The summed E-state index contributed by atoms with van der Waals surface area (Å²) in [4.78, 5) is 23.2. The van der Waals surface area contributed by atoms with Gasteiger partial charge in [0.2, 0.25) is 11.8 Å². The van der Waals surface area contributed by atoms with Crippen LogP contribution >= 0.6 is 11.6 Å². The van der Waals surface area contributed by atoms with E-state index in [0.29, 0.717) is 22.8 Å². The summed E-state index contributed by atoms with van der Waals surface area (Å²) in [5, 5.41) is 7.08. The lowest BCUT2D eigenvalue weighted by atomic mass is 10.2. The van der Waals surface area contributed by atoms with Crippen LogP contribution in [0.4, 0.5) is 5.69 Å². The fourth-order valence-electron chi connectivity index (χ4n) is 1.58. The minimum absolute atomic E-state index is 0.0965. The lowest BCUT2D eigenvalue weighted by molar-refractivity contribution is -0.121. The SMILES string of the molecule is CCCCC(=O)N/N=C(\C)CC(=O)Nc1ccccc1Cl. The number of carbonyl (C=O) groups is 2. The molecule has 0 atom stereocenters. The quantitative estimate of drug-likeness (QED) is 0.599. The van der Waals surface area contributed by atoms with E-state index in [-0.39, 0.29) is 18.2 Å². The second-order valence-electron chi connectivity index (χ2n) is 4.69. The van der Waals surface area contributed by atoms with Gasteiger partial charge in [-0.15, -0.1) is 0 Å². The van der Waals surface area contributed by atoms with Crippen LogP contribution in [0, 0.1) is 0 Å². The summed E-state index contributed by atoms with van der Waals surface area (Å²) in [5.74, 6) is -0.366. The van der Waals surface area contributed by atoms with Crippen molar-refractivity contribution in [2.24, 2.45) is 5.10 Å². The number of hydrazone groups is 1. The highest BCUT2D eigenvalue weighted by atomic mass is 35.5. The molecule has 0 heterocycles. The lowest BCUT2D eigenvalue weighted by Crippen LogP contribution is -2.21. The fraction of sp³-hybridized carbons (Fsp3) is 0.400. The number of hydrogen-bond donors (Lipinski definition) is 2. The Hall–Kier alpha value is -1.88. The van der Waals surface area contributed by atoms with Gasteiger partial charge in [-0.05, 0) is 25.5 Å². The predicted octanol–water partition coefficient (Wildman–Crippen LogP) is 3.35. The summed E-state index contributed by atoms with van der Waals surface area (Å²) in [6.45, 7) is 3.70. The Morgan fingerprint density at radius 1 is 1.24 bits per heavy atom. The van der Waals surface area contributed by atoms with Gasteiger partial charge in [0.05, 0.1) is 17.1 Å². The van der Waals surface area contributed by atoms with E-state index in [1.807, 2.05) is 6.92 Å². The summed E-state index contributed by atoms with van der Waals surface area (Å²) in [7, 11) is 0. The Kier molecular flexibility index (Phi) is 7.46. The molecule has 6 heteroatoms. The van der Waals surface area contributed by atoms with Gasteiger partial charge in [0.15, 0.2) is 0 Å². The molecule has 1 aromatic rings. The maximum absolute atomic E-state index is 11.8. The smallest absolute Gasteiger partial charge is 0.240 e. The number of para-hydroxylation sites is 1. The summed E-state index contributed by atoms with van der Waals surface area (Å²) in [6, 6.07) is 7.00. The van der Waals surface area contributed by atoms with Gasteiger partial charge in [0.1, 0.15) is 0 Å². The summed E-state index contributed by atoms with van der Waals surface area (Å²) in [5.41, 5.74) is 3.53. The normalized spacial score (nSPS) is 11.1. The van der Waals surface area contributed by atoms with Gasteiger partial charge in [-0.25, -0.2) is 5.43 Å². The van der Waals surface area contributed by atoms with Crippen LogP contribution in [0.1, 0.15) is 39.5 Å². The zero-order valence-corrected chi connectivity index (χ0v) is 13.0. The Morgan fingerprint density at radius 3 is 2.62 bits per heavy atom. The van der Waals surface area contributed by atoms with Gasteiger partial charge in [-0.1, -0.05) is 37.1 Å². The number of anilines is 1. The molecule has 5 nitrogen and oxygen atoms in total. The van der Waals surface area contributed by atoms with Crippen molar-refractivity contribution in [2.45, 2.75) is 39.5 Å². The van der Waals surface area contributed by atoms with Crippen molar-refractivity contribution >= 4 is 34.8 Å². The van der Waals surface area contributed by atoms with Crippen LogP contribution < -0.4 is 10.7 Å². The third-order valence-corrected chi connectivity index (χ3v) is 3.02. The molecule has 114 valence electrons. The summed E-state index contributed by atoms with van der Waals surface area (Å²) >= 11 is 5.95. The topological polar surface area (TPSA) is 70.6 Å². The number of nitrogens with one attached hydrogen (secondary N) is 2. The van der Waals surface area contributed by atoms with Crippen LogP contribution in [0.25, 0.3) is 0 Å². The third-order valence-electron chi connectivity index (χ3n) is 2.69. The van der Waals surface area contributed by atoms with E-state index in [0.717, 1.165) is 12.8 Å². The van der Waals surface area contributed by atoms with Crippen LogP contribution in [0.3, 0.4) is 0 Å². The van der Waals surface area contributed by atoms with Gasteiger partial charge < -0.3 is 5.32 Å². The molecule has 0 unspecified atom stereocenters. The molecule has 0 aliphatic rings. The van der Waals surface area contributed by atoms with Crippen LogP contribution in [0.5, 0.6) is 0 Å². The number of hydrogen-bond acceptors (Lipinski definition) is 3. The van der Waals surface area contributed by atoms with Crippen LogP contribution in [0.2, 0.25) is 5.02 Å². The van der Waals surface area contributed by atoms with E-state index in [1.165, 1.54) is 0 Å². The van der Waals surface area contributed by atoms with Gasteiger partial charge in [-0.2, -0.15) is 5.10 Å². The van der Waals surface area contributed by atoms with Crippen LogP contribution in [0.15, 0.2) is 29.4 Å². The molecule has 0 spiro atoms. The van der Waals surface area contributed by atoms with Crippen LogP contribution in [-0.2, 0) is 9.59 Å². The van der Waals surface area contributed by atoms with E-state index < -0.39 is 0 Å². The highest BCUT2D eigenvalue weighted by Crippen LogP contribution is 2.20. The van der Waals surface area contributed by atoms with Gasteiger partial charge in [0.25, 0.3) is 0 Å². The molecular formula is C15H20ClN3O2. The lowest BCUT2D eigenvalue weighted by Gasteiger charge is -2.07. The minimum atomic E-state index is -0.229. The van der Waals surface area contributed by atoms with Crippen molar-refractivity contribution in [2.75, 3.05) is 5.32 Å². The fourth-order valence-corrected chi connectivity index (χ4v) is 1.76. The van der Waals surface area contributed by atoms with Crippen molar-refractivity contribution in [3.63, 3.8) is 0 Å². The molecule has 1 rings (SSSR count). The molecule has 0 saturated carbocycles. The third kappa shape index (κ3) is 6.90. The van der Waals surface area contributed by atoms with Gasteiger partial charge >= 0.3 is 0 Å². The molecule has 0 saturated heterocycles. The largest absolute Gasteiger partial charge is 0.324 e. The van der Waals surface area contributed by atoms with E-state index >= 15 is 0 Å². The number of amides is 2. The van der Waals surface area contributed by atoms with Crippen molar-refractivity contribution in [1.29, 1.82) is 0 Å². The highest BCUT2D eigenvalue weighted by molar-refractivity contribution is 6.33. The number of unbranched alkanes of at least 4 members (excludes halogenated alkanes) is 1. The number of rotatable bonds is 7. The van der Waals surface area contributed by atoms with Gasteiger partial charge in [-0.3, -0.25) is 9.59 Å². The monoisotopic (exact) mass is 309 g/mol. The second-order valence-corrected chi connectivity index (χ2v) is 5.10. The molecule has 21 heavy (non-hydrogen) atoms. The number of nitrogens with zero attached hydrogens (tertiary/aromatic N) is 1. The molecule has 2 amide bonds. The average molecular weight is 310 g/mol. The number of halogens is 1. The maximum Gasteiger partial charge on any atom is 0.240 e. The maximum atomic E-state index is 11.8. The Balaban J connectivity index is 2.43. The zero-order chi connectivity index (χ0) is 15.7. The first-order valence-corrected chi connectivity index (χ1v) is 7.27. The highest BCUT2D eigenvalue weighted by Gasteiger charge is 2.07. The number of carbonyl (C=O) groups excluding carboxylic acids is 2. The van der Waals surface area contributed by atoms with Crippen molar-refractivity contribution in [3.05, 3.63) is 29.3 Å². The molecule has 0 aliphatic carbocycles. The van der Waals surface area contributed by atoms with Crippen molar-refractivity contribution in [3.8, 4) is 0 Å². The molecule has 2 N–H and O–H groups in total. The first-order valence-electron chi connectivity index (χ1n) is 6.89. The summed E-state index contributed by atoms with van der Waals surface area (Å²) in [6.07, 6.45) is 2.32. The molecule has 0 radical (unpaired) electrons. The van der Waals surface area contributed by atoms with Crippen molar-refractivity contribution < 1.29 is 9.59 Å². The average Bonchev–Trinajstić information content (AvgIpc) is 2.45. The minimum Gasteiger partial charge on any atom is -0.324 e. The molecule has 0 aromatic heterocycles. The zero-order valence-electron chi connectivity index (χ0n) is 12.3. The van der Waals surface area contributed by atoms with Crippen LogP contribution in [-0.4, -0.2) is 17.5 Å². The van der Waals surface area contributed by atoms with E-state index in [4.69, 9.17) is 11.6 Å². The van der Waals surface area contributed by atoms with E-state index in [9.17, 15) is 9.59 Å². The Bertz CT molecular complexity index is 529. The molecule has 0 bridgehead atoms. The molecule has 1 aromatic carbocycles. The summed E-state index contributed by atoms with van der Waals surface area (Å²) < 4.78 is 0. The van der Waals surface area contributed by atoms with E-state index in [2.05, 4.69) is 15.8 Å². The van der Waals surface area contributed by atoms with E-state index in [1.54, 1.807) is 31.2 Å².